The summed E-state index contributed by atoms with van der Waals surface area (Å²) in [5.74, 6) is 2.13. The first-order valence-electron chi connectivity index (χ1n) is 7.24. The lowest BCUT2D eigenvalue weighted by molar-refractivity contribution is 0.212. The standard InChI is InChI=1S/C16H22N2OS/c1-2-16-13-18(10-12-20-16)9-11-19-15-5-3-14(4-6-15)7-8-17/h3-6,16H,2,7,9-13H2,1H3. The summed E-state index contributed by atoms with van der Waals surface area (Å²) >= 11 is 2.09. The van der Waals surface area contributed by atoms with Gasteiger partial charge in [0.1, 0.15) is 12.4 Å². The molecular formula is C16H22N2OS. The van der Waals surface area contributed by atoms with Gasteiger partial charge >= 0.3 is 0 Å². The van der Waals surface area contributed by atoms with E-state index >= 15 is 0 Å². The first-order valence-corrected chi connectivity index (χ1v) is 8.29. The Morgan fingerprint density at radius 1 is 1.40 bits per heavy atom. The molecule has 1 unspecified atom stereocenters. The predicted molar refractivity (Wildman–Crippen MR) is 84.2 cm³/mol. The summed E-state index contributed by atoms with van der Waals surface area (Å²) in [5.41, 5.74) is 1.04. The number of hydrogen-bond donors (Lipinski definition) is 0. The molecule has 1 aromatic carbocycles. The minimum atomic E-state index is 0.462. The minimum Gasteiger partial charge on any atom is -0.492 e. The van der Waals surface area contributed by atoms with Crippen molar-refractivity contribution in [2.24, 2.45) is 0 Å². The van der Waals surface area contributed by atoms with Crippen molar-refractivity contribution < 1.29 is 4.74 Å². The van der Waals surface area contributed by atoms with Crippen LogP contribution in [0.25, 0.3) is 0 Å². The van der Waals surface area contributed by atoms with Crippen molar-refractivity contribution >= 4 is 11.8 Å². The van der Waals surface area contributed by atoms with E-state index in [1.54, 1.807) is 0 Å². The zero-order chi connectivity index (χ0) is 14.2. The van der Waals surface area contributed by atoms with Crippen LogP contribution in [-0.4, -0.2) is 42.1 Å². The monoisotopic (exact) mass is 290 g/mol. The van der Waals surface area contributed by atoms with Gasteiger partial charge in [-0.2, -0.15) is 17.0 Å². The summed E-state index contributed by atoms with van der Waals surface area (Å²) in [6.07, 6.45) is 1.71. The number of thioether (sulfide) groups is 1. The highest BCUT2D eigenvalue weighted by molar-refractivity contribution is 8.00. The van der Waals surface area contributed by atoms with Crippen molar-refractivity contribution in [3.63, 3.8) is 0 Å². The van der Waals surface area contributed by atoms with Crippen molar-refractivity contribution in [1.29, 1.82) is 5.26 Å². The van der Waals surface area contributed by atoms with Crippen molar-refractivity contribution in [3.05, 3.63) is 29.8 Å². The lowest BCUT2D eigenvalue weighted by atomic mass is 10.2. The molecule has 0 bridgehead atoms. The summed E-state index contributed by atoms with van der Waals surface area (Å²) in [5, 5.41) is 9.41. The topological polar surface area (TPSA) is 36.3 Å². The van der Waals surface area contributed by atoms with E-state index in [0.29, 0.717) is 6.42 Å². The number of hydrogen-bond acceptors (Lipinski definition) is 4. The van der Waals surface area contributed by atoms with Gasteiger partial charge in [-0.1, -0.05) is 19.1 Å². The molecule has 0 saturated carbocycles. The maximum absolute atomic E-state index is 8.63. The number of ether oxygens (including phenoxy) is 1. The van der Waals surface area contributed by atoms with Gasteiger partial charge in [-0.15, -0.1) is 0 Å². The summed E-state index contributed by atoms with van der Waals surface area (Å²) in [6.45, 7) is 6.35. The van der Waals surface area contributed by atoms with Crippen LogP contribution < -0.4 is 4.74 Å². The molecule has 0 aromatic heterocycles. The Balaban J connectivity index is 1.71. The van der Waals surface area contributed by atoms with E-state index in [1.807, 2.05) is 24.3 Å². The highest BCUT2D eigenvalue weighted by Crippen LogP contribution is 2.20. The maximum atomic E-state index is 8.63. The van der Waals surface area contributed by atoms with Crippen molar-refractivity contribution in [2.75, 3.05) is 32.0 Å². The van der Waals surface area contributed by atoms with Crippen LogP contribution in [0.4, 0.5) is 0 Å². The number of benzene rings is 1. The molecule has 0 aliphatic carbocycles. The van der Waals surface area contributed by atoms with Crippen LogP contribution in [0.1, 0.15) is 18.9 Å². The molecule has 1 fully saturated rings. The molecule has 0 spiro atoms. The van der Waals surface area contributed by atoms with Crippen LogP contribution in [0, 0.1) is 11.3 Å². The third-order valence-corrected chi connectivity index (χ3v) is 4.93. The Kier molecular flexibility index (Phi) is 6.23. The molecular weight excluding hydrogens is 268 g/mol. The van der Waals surface area contributed by atoms with Crippen LogP contribution in [0.5, 0.6) is 5.75 Å². The minimum absolute atomic E-state index is 0.462. The summed E-state index contributed by atoms with van der Waals surface area (Å²) in [4.78, 5) is 2.49. The fourth-order valence-corrected chi connectivity index (χ4v) is 3.57. The molecule has 108 valence electrons. The maximum Gasteiger partial charge on any atom is 0.119 e. The largest absolute Gasteiger partial charge is 0.492 e. The van der Waals surface area contributed by atoms with Crippen LogP contribution in [0.3, 0.4) is 0 Å². The molecule has 3 nitrogen and oxygen atoms in total. The molecule has 1 atom stereocenters. The fourth-order valence-electron chi connectivity index (χ4n) is 2.32. The molecule has 2 rings (SSSR count). The number of nitrogens with zero attached hydrogens (tertiary/aromatic N) is 2. The number of nitriles is 1. The van der Waals surface area contributed by atoms with E-state index < -0.39 is 0 Å². The third kappa shape index (κ3) is 4.73. The second-order valence-corrected chi connectivity index (χ2v) is 6.44. The SMILES string of the molecule is CCC1CN(CCOc2ccc(CC#N)cc2)CCS1. The Morgan fingerprint density at radius 3 is 2.90 bits per heavy atom. The van der Waals surface area contributed by atoms with Crippen LogP contribution in [0.15, 0.2) is 24.3 Å². The quantitative estimate of drug-likeness (QED) is 0.807. The average Bonchev–Trinajstić information content (AvgIpc) is 2.50. The molecule has 20 heavy (non-hydrogen) atoms. The van der Waals surface area contributed by atoms with Crippen LogP contribution in [0.2, 0.25) is 0 Å². The van der Waals surface area contributed by atoms with Crippen molar-refractivity contribution in [2.45, 2.75) is 25.0 Å². The van der Waals surface area contributed by atoms with Gasteiger partial charge in [0.05, 0.1) is 12.5 Å². The Labute approximate surface area is 125 Å². The Bertz CT molecular complexity index is 441. The second kappa shape index (κ2) is 8.18. The molecule has 1 aliphatic rings. The number of rotatable bonds is 6. The normalized spacial score (nSPS) is 19.5. The van der Waals surface area contributed by atoms with Crippen LogP contribution >= 0.6 is 11.8 Å². The predicted octanol–water partition coefficient (Wildman–Crippen LogP) is 2.96. The summed E-state index contributed by atoms with van der Waals surface area (Å²) in [6, 6.07) is 9.98. The lowest BCUT2D eigenvalue weighted by Crippen LogP contribution is -2.39. The zero-order valence-corrected chi connectivity index (χ0v) is 12.9. The first-order chi connectivity index (χ1) is 9.81. The molecule has 1 aromatic rings. The summed E-state index contributed by atoms with van der Waals surface area (Å²) < 4.78 is 5.78. The van der Waals surface area contributed by atoms with Gasteiger partial charge in [-0.05, 0) is 24.1 Å². The van der Waals surface area contributed by atoms with Gasteiger partial charge in [-0.25, -0.2) is 0 Å². The molecule has 0 N–H and O–H groups in total. The average molecular weight is 290 g/mol. The van der Waals surface area contributed by atoms with Gasteiger partial charge in [0.25, 0.3) is 0 Å². The molecule has 4 heteroatoms. The smallest absolute Gasteiger partial charge is 0.119 e. The van der Waals surface area contributed by atoms with E-state index in [1.165, 1.54) is 25.3 Å². The zero-order valence-electron chi connectivity index (χ0n) is 12.0. The Hall–Kier alpha value is -1.18. The molecule has 1 heterocycles. The van der Waals surface area contributed by atoms with Crippen molar-refractivity contribution in [3.8, 4) is 11.8 Å². The van der Waals surface area contributed by atoms with Gasteiger partial charge in [0, 0.05) is 30.6 Å². The van der Waals surface area contributed by atoms with E-state index in [-0.39, 0.29) is 0 Å². The van der Waals surface area contributed by atoms with E-state index in [4.69, 9.17) is 10.00 Å². The van der Waals surface area contributed by atoms with E-state index in [0.717, 1.165) is 29.7 Å². The highest BCUT2D eigenvalue weighted by atomic mass is 32.2. The molecule has 0 radical (unpaired) electrons. The van der Waals surface area contributed by atoms with Gasteiger partial charge in [0.15, 0.2) is 0 Å². The molecule has 0 amide bonds. The Morgan fingerprint density at radius 2 is 2.20 bits per heavy atom. The van der Waals surface area contributed by atoms with Crippen molar-refractivity contribution in [1.82, 2.24) is 4.90 Å². The van der Waals surface area contributed by atoms with Gasteiger partial charge < -0.3 is 4.74 Å². The fraction of sp³-hybridized carbons (Fsp3) is 0.562. The van der Waals surface area contributed by atoms with E-state index in [9.17, 15) is 0 Å². The lowest BCUT2D eigenvalue weighted by Gasteiger charge is -2.31. The third-order valence-electron chi connectivity index (χ3n) is 3.56. The van der Waals surface area contributed by atoms with Gasteiger partial charge in [0.2, 0.25) is 0 Å². The second-order valence-electron chi connectivity index (χ2n) is 5.03. The highest BCUT2D eigenvalue weighted by Gasteiger charge is 2.18. The van der Waals surface area contributed by atoms with Crippen LogP contribution in [-0.2, 0) is 6.42 Å². The summed E-state index contributed by atoms with van der Waals surface area (Å²) in [7, 11) is 0. The molecule has 1 aliphatic heterocycles. The van der Waals surface area contributed by atoms with Gasteiger partial charge in [-0.3, -0.25) is 4.90 Å². The van der Waals surface area contributed by atoms with E-state index in [2.05, 4.69) is 29.7 Å². The molecule has 1 saturated heterocycles. The first kappa shape index (κ1) is 15.2.